The van der Waals surface area contributed by atoms with Gasteiger partial charge in [-0.2, -0.15) is 0 Å². The van der Waals surface area contributed by atoms with Crippen molar-refractivity contribution in [3.63, 3.8) is 0 Å². The molecule has 6 heteroatoms. The molecule has 0 spiro atoms. The number of piperidine rings is 1. The van der Waals surface area contributed by atoms with E-state index in [-0.39, 0.29) is 5.56 Å². The minimum atomic E-state index is -0.0225. The zero-order valence-corrected chi connectivity index (χ0v) is 16.5. The summed E-state index contributed by atoms with van der Waals surface area (Å²) in [4.78, 5) is 18.8. The van der Waals surface area contributed by atoms with Gasteiger partial charge in [0.25, 0.3) is 5.56 Å². The number of methoxy groups -OCH3 is 1. The van der Waals surface area contributed by atoms with Crippen LogP contribution in [0.1, 0.15) is 31.7 Å². The third kappa shape index (κ3) is 5.10. The molecule has 2 heterocycles. The molecule has 0 radical (unpaired) electrons. The van der Waals surface area contributed by atoms with Crippen LogP contribution in [0, 0.1) is 0 Å². The Morgan fingerprint density at radius 1 is 1.33 bits per heavy atom. The maximum atomic E-state index is 12.3. The molecule has 1 fully saturated rings. The Labute approximate surface area is 161 Å². The van der Waals surface area contributed by atoms with Gasteiger partial charge in [-0.05, 0) is 50.3 Å². The molecule has 146 valence electrons. The summed E-state index contributed by atoms with van der Waals surface area (Å²) >= 11 is 0. The van der Waals surface area contributed by atoms with Crippen molar-refractivity contribution in [2.24, 2.45) is 7.05 Å². The van der Waals surface area contributed by atoms with E-state index in [2.05, 4.69) is 34.3 Å². The third-order valence-electron chi connectivity index (χ3n) is 5.26. The van der Waals surface area contributed by atoms with E-state index >= 15 is 0 Å². The van der Waals surface area contributed by atoms with Gasteiger partial charge in [0.05, 0.1) is 7.11 Å². The average molecular weight is 370 g/mol. The van der Waals surface area contributed by atoms with Crippen LogP contribution in [0.5, 0.6) is 5.75 Å². The first-order valence-corrected chi connectivity index (χ1v) is 9.72. The van der Waals surface area contributed by atoms with Gasteiger partial charge in [0, 0.05) is 44.6 Å². The average Bonchev–Trinajstić information content (AvgIpc) is 2.69. The minimum absolute atomic E-state index is 0.0225. The molecular weight excluding hydrogens is 340 g/mol. The van der Waals surface area contributed by atoms with Crippen LogP contribution >= 0.6 is 0 Å². The molecule has 1 aromatic heterocycles. The molecule has 1 aliphatic heterocycles. The first-order chi connectivity index (χ1) is 13.1. The topological polar surface area (TPSA) is 59.4 Å². The highest BCUT2D eigenvalue weighted by Gasteiger charge is 2.23. The number of hydrogen-bond acceptors (Lipinski definition) is 5. The van der Waals surface area contributed by atoms with Crippen molar-refractivity contribution in [3.8, 4) is 5.75 Å². The van der Waals surface area contributed by atoms with Crippen molar-refractivity contribution in [3.05, 3.63) is 52.6 Å². The predicted octanol–water partition coefficient (Wildman–Crippen LogP) is 2.37. The van der Waals surface area contributed by atoms with E-state index in [9.17, 15) is 4.79 Å². The maximum absolute atomic E-state index is 12.3. The normalized spacial score (nSPS) is 18.3. The summed E-state index contributed by atoms with van der Waals surface area (Å²) in [7, 11) is 3.46. The Balaban J connectivity index is 1.52. The summed E-state index contributed by atoms with van der Waals surface area (Å²) in [6.07, 6.45) is 7.72. The van der Waals surface area contributed by atoms with Gasteiger partial charge in [-0.25, -0.2) is 4.98 Å². The molecule has 0 unspecified atom stereocenters. The second-order valence-corrected chi connectivity index (χ2v) is 7.41. The number of rotatable bonds is 7. The molecule has 3 rings (SSSR count). The van der Waals surface area contributed by atoms with E-state index < -0.39 is 0 Å². The van der Waals surface area contributed by atoms with Crippen LogP contribution in [0.25, 0.3) is 0 Å². The molecule has 6 nitrogen and oxygen atoms in total. The number of anilines is 1. The lowest BCUT2D eigenvalue weighted by Crippen LogP contribution is -2.50. The molecule has 0 amide bonds. The number of aromatic nitrogens is 2. The van der Waals surface area contributed by atoms with Gasteiger partial charge in [-0.15, -0.1) is 0 Å². The first kappa shape index (κ1) is 19.4. The van der Waals surface area contributed by atoms with Gasteiger partial charge >= 0.3 is 0 Å². The number of benzene rings is 1. The number of hydrogen-bond donors (Lipinski definition) is 1. The Hall–Kier alpha value is -2.34. The van der Waals surface area contributed by atoms with Gasteiger partial charge in [0.1, 0.15) is 5.75 Å². The third-order valence-corrected chi connectivity index (χ3v) is 5.26. The summed E-state index contributed by atoms with van der Waals surface area (Å²) in [6.45, 7) is 3.96. The molecule has 2 atom stereocenters. The van der Waals surface area contributed by atoms with Crippen LogP contribution < -0.4 is 20.5 Å². The van der Waals surface area contributed by atoms with Crippen LogP contribution in [0.3, 0.4) is 0 Å². The van der Waals surface area contributed by atoms with Gasteiger partial charge in [0.15, 0.2) is 5.82 Å². The lowest BCUT2D eigenvalue weighted by atomic mass is 10.0. The molecule has 1 N–H and O–H groups in total. The lowest BCUT2D eigenvalue weighted by Gasteiger charge is -2.35. The van der Waals surface area contributed by atoms with Crippen molar-refractivity contribution in [2.45, 2.75) is 44.7 Å². The summed E-state index contributed by atoms with van der Waals surface area (Å²) in [5, 5.41) is 3.74. The van der Waals surface area contributed by atoms with Crippen LogP contribution in [0.15, 0.2) is 41.5 Å². The van der Waals surface area contributed by atoms with Crippen molar-refractivity contribution in [1.29, 1.82) is 0 Å². The summed E-state index contributed by atoms with van der Waals surface area (Å²) in [6, 6.07) is 9.09. The van der Waals surface area contributed by atoms with Gasteiger partial charge in [-0.1, -0.05) is 12.1 Å². The highest BCUT2D eigenvalue weighted by atomic mass is 16.5. The molecule has 1 aliphatic rings. The van der Waals surface area contributed by atoms with E-state index in [1.54, 1.807) is 31.1 Å². The first-order valence-electron chi connectivity index (χ1n) is 9.72. The molecule has 2 aromatic rings. The fourth-order valence-electron chi connectivity index (χ4n) is 3.67. The van der Waals surface area contributed by atoms with Gasteiger partial charge < -0.3 is 19.5 Å². The van der Waals surface area contributed by atoms with Crippen molar-refractivity contribution in [2.75, 3.05) is 25.1 Å². The van der Waals surface area contributed by atoms with Crippen molar-refractivity contribution < 1.29 is 4.74 Å². The smallest absolute Gasteiger partial charge is 0.293 e. The number of ether oxygens (including phenoxy) is 1. The highest BCUT2D eigenvalue weighted by Crippen LogP contribution is 2.17. The second kappa shape index (κ2) is 9.04. The SMILES string of the molecule is COc1ccc(CC[C@@H](C)N[C@@H]2CCCN(c3nccn(C)c3=O)C2)cc1. The fourth-order valence-corrected chi connectivity index (χ4v) is 3.67. The Kier molecular flexibility index (Phi) is 6.50. The Morgan fingerprint density at radius 2 is 2.11 bits per heavy atom. The van der Waals surface area contributed by atoms with Crippen molar-refractivity contribution >= 4 is 5.82 Å². The fraction of sp³-hybridized carbons (Fsp3) is 0.524. The summed E-state index contributed by atoms with van der Waals surface area (Å²) in [5.74, 6) is 1.46. The van der Waals surface area contributed by atoms with Gasteiger partial charge in [-0.3, -0.25) is 4.79 Å². The molecule has 0 bridgehead atoms. The van der Waals surface area contributed by atoms with Crippen LogP contribution in [-0.2, 0) is 13.5 Å². The number of nitrogens with one attached hydrogen (secondary N) is 1. The molecule has 1 saturated heterocycles. The Bertz CT molecular complexity index is 788. The molecular formula is C21H30N4O2. The van der Waals surface area contributed by atoms with Crippen molar-refractivity contribution in [1.82, 2.24) is 14.9 Å². The summed E-state index contributed by atoms with van der Waals surface area (Å²) < 4.78 is 6.81. The largest absolute Gasteiger partial charge is 0.497 e. The molecule has 0 aliphatic carbocycles. The monoisotopic (exact) mass is 370 g/mol. The molecule has 1 aromatic carbocycles. The van der Waals surface area contributed by atoms with Crippen LogP contribution in [0.4, 0.5) is 5.82 Å². The number of nitrogens with zero attached hydrogens (tertiary/aromatic N) is 3. The van der Waals surface area contributed by atoms with E-state index in [0.29, 0.717) is 17.9 Å². The standard InChI is InChI=1S/C21H30N4O2/c1-16(6-7-17-8-10-19(27-3)11-9-17)23-18-5-4-13-25(15-18)20-21(26)24(2)14-12-22-20/h8-12,14,16,18,23H,4-7,13,15H2,1-3H3/t16-,18-/m1/s1. The molecule has 0 saturated carbocycles. The van der Waals surface area contributed by atoms with Gasteiger partial charge in [0.2, 0.25) is 0 Å². The summed E-state index contributed by atoms with van der Waals surface area (Å²) in [5.41, 5.74) is 1.30. The predicted molar refractivity (Wildman–Crippen MR) is 109 cm³/mol. The zero-order chi connectivity index (χ0) is 19.2. The number of aryl methyl sites for hydroxylation is 2. The Morgan fingerprint density at radius 3 is 2.85 bits per heavy atom. The van der Waals surface area contributed by atoms with Crippen LogP contribution in [0.2, 0.25) is 0 Å². The maximum Gasteiger partial charge on any atom is 0.293 e. The quantitative estimate of drug-likeness (QED) is 0.811. The van der Waals surface area contributed by atoms with E-state index in [1.807, 2.05) is 12.1 Å². The second-order valence-electron chi connectivity index (χ2n) is 7.41. The highest BCUT2D eigenvalue weighted by molar-refractivity contribution is 5.36. The van der Waals surface area contributed by atoms with E-state index in [4.69, 9.17) is 4.74 Å². The van der Waals surface area contributed by atoms with E-state index in [0.717, 1.165) is 44.5 Å². The lowest BCUT2D eigenvalue weighted by molar-refractivity contribution is 0.372. The minimum Gasteiger partial charge on any atom is -0.497 e. The van der Waals surface area contributed by atoms with E-state index in [1.165, 1.54) is 5.56 Å². The zero-order valence-electron chi connectivity index (χ0n) is 16.5. The van der Waals surface area contributed by atoms with Crippen LogP contribution in [-0.4, -0.2) is 41.8 Å². The molecule has 27 heavy (non-hydrogen) atoms.